The first-order valence-electron chi connectivity index (χ1n) is 13.1. The molecule has 0 saturated carbocycles. The molecule has 8 heteroatoms. The van der Waals surface area contributed by atoms with Gasteiger partial charge in [0, 0.05) is 19.2 Å². The van der Waals surface area contributed by atoms with Crippen LogP contribution in [0, 0.1) is 12.7 Å². The summed E-state index contributed by atoms with van der Waals surface area (Å²) in [5.74, 6) is -0.644. The van der Waals surface area contributed by atoms with Crippen molar-refractivity contribution < 1.29 is 33.3 Å². The first-order chi connectivity index (χ1) is 19.2. The molecule has 0 bridgehead atoms. The number of benzene rings is 3. The molecule has 1 atom stereocenters. The zero-order valence-corrected chi connectivity index (χ0v) is 23.4. The summed E-state index contributed by atoms with van der Waals surface area (Å²) in [7, 11) is 3.11. The van der Waals surface area contributed by atoms with E-state index in [1.807, 2.05) is 32.9 Å². The number of carbonyl (C=O) groups is 2. The number of hydrogen-bond donors (Lipinski definition) is 1. The van der Waals surface area contributed by atoms with E-state index in [1.54, 1.807) is 43.5 Å². The standard InChI is InChI=1S/C32H34FNO6/c1-19(2)25-17-26(20(3)16-27(25)39-5)30(35)28-29(34(14-15-38-4)32(37)31(28)36)22-8-12-24(13-9-22)40-18-21-6-10-23(33)11-7-21/h6-13,16-17,19,29,35H,14-15,18H2,1-5H3/b30-28+. The third-order valence-electron chi connectivity index (χ3n) is 7.04. The van der Waals surface area contributed by atoms with E-state index in [-0.39, 0.29) is 42.8 Å². The lowest BCUT2D eigenvalue weighted by molar-refractivity contribution is -0.140. The first-order valence-corrected chi connectivity index (χ1v) is 13.1. The molecule has 40 heavy (non-hydrogen) atoms. The Morgan fingerprint density at radius 1 is 1.02 bits per heavy atom. The van der Waals surface area contributed by atoms with Gasteiger partial charge in [0.2, 0.25) is 0 Å². The van der Waals surface area contributed by atoms with E-state index in [2.05, 4.69) is 0 Å². The highest BCUT2D eigenvalue weighted by atomic mass is 19.1. The smallest absolute Gasteiger partial charge is 0.295 e. The maximum atomic E-state index is 13.4. The van der Waals surface area contributed by atoms with Crippen molar-refractivity contribution in [3.8, 4) is 11.5 Å². The Labute approximate surface area is 233 Å². The molecule has 0 radical (unpaired) electrons. The van der Waals surface area contributed by atoms with E-state index in [0.29, 0.717) is 28.2 Å². The number of carbonyl (C=O) groups excluding carboxylic acids is 2. The SMILES string of the molecule is COCCN1C(=O)C(=O)/C(=C(/O)c2cc(C(C)C)c(OC)cc2C)C1c1ccc(OCc2ccc(F)cc2)cc1. The summed E-state index contributed by atoms with van der Waals surface area (Å²) < 4.78 is 29.8. The minimum absolute atomic E-state index is 0.0176. The highest BCUT2D eigenvalue weighted by Gasteiger charge is 2.46. The van der Waals surface area contributed by atoms with Crippen LogP contribution in [0.15, 0.2) is 66.2 Å². The number of ether oxygens (including phenoxy) is 3. The van der Waals surface area contributed by atoms with Crippen molar-refractivity contribution in [2.45, 2.75) is 39.3 Å². The molecule has 1 saturated heterocycles. The Bertz CT molecular complexity index is 1410. The second kappa shape index (κ2) is 12.3. The molecular weight excluding hydrogens is 513 g/mol. The summed E-state index contributed by atoms with van der Waals surface area (Å²) >= 11 is 0. The lowest BCUT2D eigenvalue weighted by Gasteiger charge is -2.25. The van der Waals surface area contributed by atoms with Crippen LogP contribution in [0.2, 0.25) is 0 Å². The third kappa shape index (κ3) is 5.87. The van der Waals surface area contributed by atoms with Crippen LogP contribution in [0.5, 0.6) is 11.5 Å². The number of amides is 1. The molecule has 1 aliphatic rings. The van der Waals surface area contributed by atoms with Gasteiger partial charge in [0.05, 0.1) is 25.3 Å². The molecule has 210 valence electrons. The Hall–Kier alpha value is -4.17. The number of nitrogens with zero attached hydrogens (tertiary/aromatic N) is 1. The highest BCUT2D eigenvalue weighted by molar-refractivity contribution is 6.46. The Morgan fingerprint density at radius 3 is 2.30 bits per heavy atom. The van der Waals surface area contributed by atoms with Crippen molar-refractivity contribution in [2.24, 2.45) is 0 Å². The van der Waals surface area contributed by atoms with Gasteiger partial charge < -0.3 is 24.2 Å². The molecule has 4 rings (SSSR count). The van der Waals surface area contributed by atoms with Crippen LogP contribution in [0.3, 0.4) is 0 Å². The summed E-state index contributed by atoms with van der Waals surface area (Å²) in [6.45, 7) is 6.50. The monoisotopic (exact) mass is 547 g/mol. The Balaban J connectivity index is 1.74. The van der Waals surface area contributed by atoms with Crippen molar-refractivity contribution in [3.05, 3.63) is 99.9 Å². The Kier molecular flexibility index (Phi) is 8.90. The predicted octanol–water partition coefficient (Wildman–Crippen LogP) is 5.91. The molecular formula is C32H34FNO6. The fourth-order valence-electron chi connectivity index (χ4n) is 4.87. The molecule has 0 spiro atoms. The number of methoxy groups -OCH3 is 2. The number of hydrogen-bond acceptors (Lipinski definition) is 6. The fourth-order valence-corrected chi connectivity index (χ4v) is 4.87. The molecule has 0 aliphatic carbocycles. The summed E-state index contributed by atoms with van der Waals surface area (Å²) in [6.07, 6.45) is 0. The first kappa shape index (κ1) is 28.8. The lowest BCUT2D eigenvalue weighted by Crippen LogP contribution is -2.32. The molecule has 1 aliphatic heterocycles. The van der Waals surface area contributed by atoms with Crippen LogP contribution in [0.25, 0.3) is 5.76 Å². The molecule has 1 N–H and O–H groups in total. The van der Waals surface area contributed by atoms with Gasteiger partial charge in [-0.3, -0.25) is 9.59 Å². The average Bonchev–Trinajstić information content (AvgIpc) is 3.20. The maximum Gasteiger partial charge on any atom is 0.295 e. The molecule has 1 amide bonds. The summed E-state index contributed by atoms with van der Waals surface area (Å²) in [6, 6.07) is 15.9. The highest BCUT2D eigenvalue weighted by Crippen LogP contribution is 2.41. The van der Waals surface area contributed by atoms with E-state index < -0.39 is 17.7 Å². The lowest BCUT2D eigenvalue weighted by atomic mass is 9.91. The zero-order valence-electron chi connectivity index (χ0n) is 23.4. The number of rotatable bonds is 10. The minimum Gasteiger partial charge on any atom is -0.507 e. The number of Topliss-reactive ketones (excluding diaryl/α,β-unsaturated/α-hetero) is 1. The minimum atomic E-state index is -0.815. The van der Waals surface area contributed by atoms with Gasteiger partial charge in [-0.2, -0.15) is 0 Å². The number of halogens is 1. The van der Waals surface area contributed by atoms with E-state index >= 15 is 0 Å². The number of aliphatic hydroxyl groups excluding tert-OH is 1. The second-order valence-corrected chi connectivity index (χ2v) is 10.0. The zero-order chi connectivity index (χ0) is 29.0. The van der Waals surface area contributed by atoms with Crippen molar-refractivity contribution in [2.75, 3.05) is 27.4 Å². The van der Waals surface area contributed by atoms with Gasteiger partial charge in [0.1, 0.15) is 29.7 Å². The number of aliphatic hydroxyl groups is 1. The van der Waals surface area contributed by atoms with Crippen molar-refractivity contribution in [1.82, 2.24) is 4.90 Å². The summed E-state index contributed by atoms with van der Waals surface area (Å²) in [4.78, 5) is 27.9. The molecule has 7 nitrogen and oxygen atoms in total. The van der Waals surface area contributed by atoms with Crippen LogP contribution in [-0.4, -0.2) is 49.1 Å². The van der Waals surface area contributed by atoms with E-state index in [1.165, 1.54) is 24.1 Å². The van der Waals surface area contributed by atoms with Crippen LogP contribution in [-0.2, 0) is 20.9 Å². The molecule has 3 aromatic carbocycles. The maximum absolute atomic E-state index is 13.4. The van der Waals surface area contributed by atoms with Crippen LogP contribution in [0.4, 0.5) is 4.39 Å². The van der Waals surface area contributed by atoms with Gasteiger partial charge in [0.25, 0.3) is 11.7 Å². The number of likely N-dealkylation sites (tertiary alicyclic amines) is 1. The summed E-state index contributed by atoms with van der Waals surface area (Å²) in [5.41, 5.74) is 3.53. The topological polar surface area (TPSA) is 85.3 Å². The van der Waals surface area contributed by atoms with Crippen molar-refractivity contribution in [1.29, 1.82) is 0 Å². The van der Waals surface area contributed by atoms with Gasteiger partial charge in [-0.15, -0.1) is 0 Å². The predicted molar refractivity (Wildman–Crippen MR) is 150 cm³/mol. The quantitative estimate of drug-likeness (QED) is 0.193. The average molecular weight is 548 g/mol. The van der Waals surface area contributed by atoms with Gasteiger partial charge in [-0.25, -0.2) is 4.39 Å². The Morgan fingerprint density at radius 2 is 1.70 bits per heavy atom. The normalized spacial score (nSPS) is 16.6. The fraction of sp³-hybridized carbons (Fsp3) is 0.312. The van der Waals surface area contributed by atoms with Crippen LogP contribution in [0.1, 0.15) is 53.6 Å². The van der Waals surface area contributed by atoms with Crippen LogP contribution < -0.4 is 9.47 Å². The van der Waals surface area contributed by atoms with E-state index in [4.69, 9.17) is 14.2 Å². The molecule has 1 heterocycles. The van der Waals surface area contributed by atoms with Gasteiger partial charge in [-0.05, 0) is 71.5 Å². The molecule has 3 aromatic rings. The molecule has 1 fully saturated rings. The molecule has 1 unspecified atom stereocenters. The van der Waals surface area contributed by atoms with E-state index in [9.17, 15) is 19.1 Å². The number of ketones is 1. The summed E-state index contributed by atoms with van der Waals surface area (Å²) in [5, 5.41) is 11.6. The number of aryl methyl sites for hydroxylation is 1. The third-order valence-corrected chi connectivity index (χ3v) is 7.04. The van der Waals surface area contributed by atoms with Crippen LogP contribution >= 0.6 is 0 Å². The van der Waals surface area contributed by atoms with Gasteiger partial charge in [-0.1, -0.05) is 38.1 Å². The molecule has 0 aromatic heterocycles. The van der Waals surface area contributed by atoms with Gasteiger partial charge >= 0.3 is 0 Å². The van der Waals surface area contributed by atoms with Gasteiger partial charge in [0.15, 0.2) is 0 Å². The second-order valence-electron chi connectivity index (χ2n) is 10.0. The van der Waals surface area contributed by atoms with Crippen molar-refractivity contribution in [3.63, 3.8) is 0 Å². The van der Waals surface area contributed by atoms with Crippen molar-refractivity contribution >= 4 is 17.4 Å². The van der Waals surface area contributed by atoms with E-state index in [0.717, 1.165) is 11.1 Å². The largest absolute Gasteiger partial charge is 0.507 e.